The number of rotatable bonds is 4. The van der Waals surface area contributed by atoms with Gasteiger partial charge in [0.15, 0.2) is 0 Å². The van der Waals surface area contributed by atoms with Crippen LogP contribution in [-0.2, 0) is 4.74 Å². The SMILES string of the molecule is COC1CN(c2cc(C(C)C)nc(C(C)C)n2)CCC1C. The quantitative estimate of drug-likeness (QED) is 0.850. The van der Waals surface area contributed by atoms with E-state index in [0.717, 1.165) is 36.8 Å². The van der Waals surface area contributed by atoms with Crippen LogP contribution in [0.3, 0.4) is 0 Å². The van der Waals surface area contributed by atoms with Crippen molar-refractivity contribution in [3.63, 3.8) is 0 Å². The minimum atomic E-state index is 0.290. The summed E-state index contributed by atoms with van der Waals surface area (Å²) in [4.78, 5) is 11.9. The second-order valence-corrected chi connectivity index (χ2v) is 6.80. The number of methoxy groups -OCH3 is 1. The van der Waals surface area contributed by atoms with Crippen molar-refractivity contribution in [2.45, 2.75) is 59.0 Å². The molecule has 0 spiro atoms. The van der Waals surface area contributed by atoms with Gasteiger partial charge in [0.1, 0.15) is 11.6 Å². The number of hydrogen-bond donors (Lipinski definition) is 0. The van der Waals surface area contributed by atoms with E-state index >= 15 is 0 Å². The Hall–Kier alpha value is -1.16. The zero-order valence-corrected chi connectivity index (χ0v) is 14.3. The predicted octanol–water partition coefficient (Wildman–Crippen LogP) is 3.58. The van der Waals surface area contributed by atoms with E-state index in [-0.39, 0.29) is 0 Å². The number of nitrogens with zero attached hydrogens (tertiary/aromatic N) is 3. The Labute approximate surface area is 128 Å². The molecule has 2 heterocycles. The molecule has 1 aliphatic heterocycles. The number of hydrogen-bond acceptors (Lipinski definition) is 4. The Kier molecular flexibility index (Phi) is 5.20. The van der Waals surface area contributed by atoms with Crippen molar-refractivity contribution in [3.05, 3.63) is 17.6 Å². The van der Waals surface area contributed by atoms with Crippen LogP contribution in [0, 0.1) is 5.92 Å². The highest BCUT2D eigenvalue weighted by atomic mass is 16.5. The number of ether oxygens (including phenoxy) is 1. The molecule has 0 bridgehead atoms. The third-order valence-electron chi connectivity index (χ3n) is 4.37. The van der Waals surface area contributed by atoms with E-state index in [1.807, 2.05) is 7.11 Å². The molecular weight excluding hydrogens is 262 g/mol. The molecule has 2 unspecified atom stereocenters. The normalized spacial score (nSPS) is 23.1. The van der Waals surface area contributed by atoms with Crippen LogP contribution >= 0.6 is 0 Å². The average molecular weight is 291 g/mol. The summed E-state index contributed by atoms with van der Waals surface area (Å²) < 4.78 is 5.63. The lowest BCUT2D eigenvalue weighted by molar-refractivity contribution is 0.0496. The van der Waals surface area contributed by atoms with Crippen LogP contribution in [0.5, 0.6) is 0 Å². The van der Waals surface area contributed by atoms with E-state index in [1.54, 1.807) is 0 Å². The lowest BCUT2D eigenvalue weighted by Crippen LogP contribution is -2.44. The van der Waals surface area contributed by atoms with E-state index in [9.17, 15) is 0 Å². The summed E-state index contributed by atoms with van der Waals surface area (Å²) in [5.74, 6) is 3.40. The third-order valence-corrected chi connectivity index (χ3v) is 4.37. The molecule has 21 heavy (non-hydrogen) atoms. The fourth-order valence-electron chi connectivity index (χ4n) is 2.74. The van der Waals surface area contributed by atoms with Crippen molar-refractivity contribution in [2.24, 2.45) is 5.92 Å². The highest BCUT2D eigenvalue weighted by molar-refractivity contribution is 5.41. The van der Waals surface area contributed by atoms with Crippen molar-refractivity contribution >= 4 is 5.82 Å². The van der Waals surface area contributed by atoms with Crippen molar-refractivity contribution in [3.8, 4) is 0 Å². The van der Waals surface area contributed by atoms with E-state index in [1.165, 1.54) is 0 Å². The summed E-state index contributed by atoms with van der Waals surface area (Å²) in [6, 6.07) is 2.15. The largest absolute Gasteiger partial charge is 0.379 e. The zero-order valence-electron chi connectivity index (χ0n) is 14.3. The molecule has 0 amide bonds. The number of aromatic nitrogens is 2. The van der Waals surface area contributed by atoms with Gasteiger partial charge in [-0.2, -0.15) is 0 Å². The van der Waals surface area contributed by atoms with Crippen LogP contribution in [0.1, 0.15) is 64.4 Å². The van der Waals surface area contributed by atoms with Crippen LogP contribution in [0.25, 0.3) is 0 Å². The Morgan fingerprint density at radius 2 is 1.90 bits per heavy atom. The van der Waals surface area contributed by atoms with Gasteiger partial charge in [0, 0.05) is 37.9 Å². The topological polar surface area (TPSA) is 38.2 Å². The smallest absolute Gasteiger partial charge is 0.133 e. The molecule has 1 aromatic heterocycles. The van der Waals surface area contributed by atoms with Gasteiger partial charge in [0.2, 0.25) is 0 Å². The zero-order chi connectivity index (χ0) is 15.6. The molecule has 118 valence electrons. The van der Waals surface area contributed by atoms with Gasteiger partial charge in [-0.15, -0.1) is 0 Å². The molecule has 4 heteroatoms. The van der Waals surface area contributed by atoms with Crippen molar-refractivity contribution in [1.82, 2.24) is 9.97 Å². The lowest BCUT2D eigenvalue weighted by Gasteiger charge is -2.37. The molecule has 1 fully saturated rings. The fourth-order valence-corrected chi connectivity index (χ4v) is 2.74. The van der Waals surface area contributed by atoms with Gasteiger partial charge in [-0.3, -0.25) is 0 Å². The van der Waals surface area contributed by atoms with Crippen LogP contribution in [0.15, 0.2) is 6.07 Å². The van der Waals surface area contributed by atoms with E-state index in [0.29, 0.717) is 23.9 Å². The van der Waals surface area contributed by atoms with Crippen LogP contribution < -0.4 is 4.90 Å². The molecule has 0 aromatic carbocycles. The summed E-state index contributed by atoms with van der Waals surface area (Å²) >= 11 is 0. The molecule has 0 radical (unpaired) electrons. The standard InChI is InChI=1S/C17H29N3O/c1-11(2)14-9-16(19-17(18-14)12(3)4)20-8-7-13(5)15(10-20)21-6/h9,11-13,15H,7-8,10H2,1-6H3. The number of anilines is 1. The van der Waals surface area contributed by atoms with Gasteiger partial charge in [-0.25, -0.2) is 9.97 Å². The van der Waals surface area contributed by atoms with Gasteiger partial charge in [0.05, 0.1) is 6.10 Å². The van der Waals surface area contributed by atoms with Crippen molar-refractivity contribution in [2.75, 3.05) is 25.1 Å². The Balaban J connectivity index is 2.30. The minimum Gasteiger partial charge on any atom is -0.379 e. The molecule has 0 aliphatic carbocycles. The molecular formula is C17H29N3O. The average Bonchev–Trinajstić information content (AvgIpc) is 2.47. The van der Waals surface area contributed by atoms with Crippen LogP contribution in [0.4, 0.5) is 5.82 Å². The summed E-state index contributed by atoms with van der Waals surface area (Å²) in [6.45, 7) is 12.9. The molecule has 2 rings (SSSR count). The molecule has 0 saturated carbocycles. The first-order valence-electron chi connectivity index (χ1n) is 8.09. The summed E-state index contributed by atoms with van der Waals surface area (Å²) in [5.41, 5.74) is 1.14. The van der Waals surface area contributed by atoms with Gasteiger partial charge in [-0.05, 0) is 18.3 Å². The van der Waals surface area contributed by atoms with Gasteiger partial charge < -0.3 is 9.64 Å². The van der Waals surface area contributed by atoms with Crippen molar-refractivity contribution < 1.29 is 4.74 Å². The first-order valence-corrected chi connectivity index (χ1v) is 8.09. The molecule has 1 saturated heterocycles. The van der Waals surface area contributed by atoms with Gasteiger partial charge >= 0.3 is 0 Å². The minimum absolute atomic E-state index is 0.290. The van der Waals surface area contributed by atoms with Crippen molar-refractivity contribution in [1.29, 1.82) is 0 Å². The van der Waals surface area contributed by atoms with Crippen LogP contribution in [0.2, 0.25) is 0 Å². The maximum Gasteiger partial charge on any atom is 0.133 e. The second-order valence-electron chi connectivity index (χ2n) is 6.80. The molecule has 1 aliphatic rings. The van der Waals surface area contributed by atoms with Gasteiger partial charge in [0.25, 0.3) is 0 Å². The lowest BCUT2D eigenvalue weighted by atomic mass is 9.95. The van der Waals surface area contributed by atoms with Crippen LogP contribution in [-0.4, -0.2) is 36.3 Å². The van der Waals surface area contributed by atoms with E-state index in [4.69, 9.17) is 14.7 Å². The fraction of sp³-hybridized carbons (Fsp3) is 0.765. The summed E-state index contributed by atoms with van der Waals surface area (Å²) in [6.07, 6.45) is 1.44. The first kappa shape index (κ1) is 16.2. The summed E-state index contributed by atoms with van der Waals surface area (Å²) in [5, 5.41) is 0. The maximum absolute atomic E-state index is 5.63. The molecule has 0 N–H and O–H groups in total. The molecule has 4 nitrogen and oxygen atoms in total. The molecule has 1 aromatic rings. The van der Waals surface area contributed by atoms with Gasteiger partial charge in [-0.1, -0.05) is 34.6 Å². The monoisotopic (exact) mass is 291 g/mol. The Morgan fingerprint density at radius 3 is 2.48 bits per heavy atom. The van der Waals surface area contributed by atoms with E-state index in [2.05, 4.69) is 45.6 Å². The Bertz CT molecular complexity index is 447. The third kappa shape index (κ3) is 3.73. The number of piperidine rings is 1. The highest BCUT2D eigenvalue weighted by Gasteiger charge is 2.27. The summed E-state index contributed by atoms with van der Waals surface area (Å²) in [7, 11) is 1.81. The molecule has 2 atom stereocenters. The maximum atomic E-state index is 5.63. The first-order chi connectivity index (χ1) is 9.92. The highest BCUT2D eigenvalue weighted by Crippen LogP contribution is 2.26. The second kappa shape index (κ2) is 6.73. The Morgan fingerprint density at radius 1 is 1.19 bits per heavy atom. The predicted molar refractivity (Wildman–Crippen MR) is 87.0 cm³/mol. The van der Waals surface area contributed by atoms with E-state index < -0.39 is 0 Å².